The molecule has 0 bridgehead atoms. The Morgan fingerprint density at radius 1 is 0.955 bits per heavy atom. The predicted octanol–water partition coefficient (Wildman–Crippen LogP) is 2.90. The second-order valence-corrected chi connectivity index (χ2v) is 5.06. The second kappa shape index (κ2) is 4.46. The Hall–Kier alpha value is -3.08. The van der Waals surface area contributed by atoms with Crippen molar-refractivity contribution in [3.63, 3.8) is 0 Å². The van der Waals surface area contributed by atoms with Crippen LogP contribution in [0.25, 0.3) is 33.4 Å². The molecule has 0 saturated carbocycles. The molecule has 0 N–H and O–H groups in total. The fourth-order valence-electron chi connectivity index (χ4n) is 2.59. The van der Waals surface area contributed by atoms with Crippen molar-refractivity contribution >= 4 is 22.1 Å². The van der Waals surface area contributed by atoms with Crippen LogP contribution in [0.4, 0.5) is 0 Å². The Bertz CT molecular complexity index is 1120. The minimum atomic E-state index is -0.490. The Kier molecular flexibility index (Phi) is 2.56. The molecule has 0 aliphatic heterocycles. The number of hydrogen-bond donors (Lipinski definition) is 0. The quantitative estimate of drug-likeness (QED) is 0.541. The van der Waals surface area contributed by atoms with Crippen molar-refractivity contribution in [2.75, 3.05) is 0 Å². The number of benzene rings is 2. The van der Waals surface area contributed by atoms with Crippen LogP contribution in [-0.2, 0) is 7.05 Å². The van der Waals surface area contributed by atoms with Gasteiger partial charge in [-0.1, -0.05) is 30.3 Å². The van der Waals surface area contributed by atoms with Crippen LogP contribution in [0.2, 0.25) is 0 Å². The number of aryl methyl sites for hydroxylation is 1. The lowest BCUT2D eigenvalue weighted by molar-refractivity contribution is 0.528. The molecule has 0 fully saturated rings. The molecule has 0 aliphatic carbocycles. The van der Waals surface area contributed by atoms with Crippen LogP contribution in [0.15, 0.2) is 67.0 Å². The second-order valence-electron chi connectivity index (χ2n) is 5.06. The molecule has 0 aliphatic rings. The van der Waals surface area contributed by atoms with Gasteiger partial charge in [0.15, 0.2) is 16.6 Å². The summed E-state index contributed by atoms with van der Waals surface area (Å²) in [6, 6.07) is 14.0. The number of hydrogen-bond acceptors (Lipinski definition) is 4. The first-order chi connectivity index (χ1) is 10.6. The molecule has 108 valence electrons. The van der Waals surface area contributed by atoms with Crippen LogP contribution in [0.5, 0.6) is 0 Å². The third-order valence-electron chi connectivity index (χ3n) is 3.70. The average Bonchev–Trinajstić information content (AvgIpc) is 2.83. The van der Waals surface area contributed by atoms with Gasteiger partial charge in [-0.05, 0) is 12.1 Å². The van der Waals surface area contributed by atoms with E-state index < -0.39 is 5.76 Å². The van der Waals surface area contributed by atoms with Gasteiger partial charge < -0.3 is 8.83 Å². The lowest BCUT2D eigenvalue weighted by Gasteiger charge is -2.04. The summed E-state index contributed by atoms with van der Waals surface area (Å²) in [7, 11) is 1.59. The van der Waals surface area contributed by atoms with Crippen LogP contribution in [0.3, 0.4) is 0 Å². The van der Waals surface area contributed by atoms with Crippen molar-refractivity contribution in [2.45, 2.75) is 0 Å². The van der Waals surface area contributed by atoms with E-state index in [0.29, 0.717) is 27.8 Å². The van der Waals surface area contributed by atoms with E-state index in [1.165, 1.54) is 10.6 Å². The Balaban J connectivity index is 2.18. The number of oxazole rings is 1. The summed E-state index contributed by atoms with van der Waals surface area (Å²) >= 11 is 0. The molecular weight excluding hydrogens is 282 g/mol. The number of fused-ring (bicyclic) bond motifs is 3. The van der Waals surface area contributed by atoms with Gasteiger partial charge in [-0.15, -0.1) is 0 Å². The third kappa shape index (κ3) is 1.72. The molecule has 0 amide bonds. The van der Waals surface area contributed by atoms with Crippen LogP contribution in [0.1, 0.15) is 0 Å². The standard InChI is InChI=1S/C17H11NO4/c1-18-15-13(22-17(18)20)8-7-11-12(19)9-14(21-16(11)15)10-5-3-2-4-6-10/h2-9H,1H3. The molecule has 2 aromatic heterocycles. The average molecular weight is 293 g/mol. The van der Waals surface area contributed by atoms with E-state index in [0.717, 1.165) is 5.56 Å². The molecule has 0 spiro atoms. The zero-order chi connectivity index (χ0) is 15.3. The number of aromatic nitrogens is 1. The fraction of sp³-hybridized carbons (Fsp3) is 0.0588. The third-order valence-corrected chi connectivity index (χ3v) is 3.70. The van der Waals surface area contributed by atoms with Gasteiger partial charge >= 0.3 is 5.76 Å². The van der Waals surface area contributed by atoms with Gasteiger partial charge in [0.25, 0.3) is 0 Å². The largest absolute Gasteiger partial charge is 0.453 e. The molecule has 2 heterocycles. The number of rotatable bonds is 1. The van der Waals surface area contributed by atoms with E-state index in [2.05, 4.69) is 0 Å². The normalized spacial score (nSPS) is 11.3. The highest BCUT2D eigenvalue weighted by Crippen LogP contribution is 2.27. The molecular formula is C17H11NO4. The summed E-state index contributed by atoms with van der Waals surface area (Å²) < 4.78 is 12.4. The van der Waals surface area contributed by atoms with Crippen molar-refractivity contribution in [3.8, 4) is 11.3 Å². The highest BCUT2D eigenvalue weighted by Gasteiger charge is 2.15. The van der Waals surface area contributed by atoms with Gasteiger partial charge in [-0.3, -0.25) is 9.36 Å². The topological polar surface area (TPSA) is 65.3 Å². The van der Waals surface area contributed by atoms with E-state index in [1.807, 2.05) is 30.3 Å². The van der Waals surface area contributed by atoms with Crippen LogP contribution in [0, 0.1) is 0 Å². The summed E-state index contributed by atoms with van der Waals surface area (Å²) in [5, 5.41) is 0.420. The Morgan fingerprint density at radius 2 is 1.73 bits per heavy atom. The van der Waals surface area contributed by atoms with E-state index in [9.17, 15) is 9.59 Å². The summed E-state index contributed by atoms with van der Waals surface area (Å²) in [4.78, 5) is 24.1. The molecule has 22 heavy (non-hydrogen) atoms. The van der Waals surface area contributed by atoms with E-state index in [-0.39, 0.29) is 5.43 Å². The molecule has 5 nitrogen and oxygen atoms in total. The number of nitrogens with zero attached hydrogens (tertiary/aromatic N) is 1. The molecule has 0 radical (unpaired) electrons. The van der Waals surface area contributed by atoms with Crippen molar-refractivity contribution in [1.82, 2.24) is 4.57 Å². The smallest absolute Gasteiger partial charge is 0.419 e. The Labute approximate surface area is 124 Å². The van der Waals surface area contributed by atoms with Crippen molar-refractivity contribution in [1.29, 1.82) is 0 Å². The summed E-state index contributed by atoms with van der Waals surface area (Å²) in [6.07, 6.45) is 0. The van der Waals surface area contributed by atoms with Crippen molar-refractivity contribution in [3.05, 3.63) is 69.3 Å². The van der Waals surface area contributed by atoms with Gasteiger partial charge in [-0.2, -0.15) is 0 Å². The first kappa shape index (κ1) is 12.6. The minimum absolute atomic E-state index is 0.157. The van der Waals surface area contributed by atoms with E-state index >= 15 is 0 Å². The SMILES string of the molecule is Cn1c(=O)oc2ccc3c(=O)cc(-c4ccccc4)oc3c21. The maximum atomic E-state index is 12.4. The summed E-state index contributed by atoms with van der Waals surface area (Å²) in [6.45, 7) is 0. The minimum Gasteiger partial charge on any atom is -0.453 e. The van der Waals surface area contributed by atoms with Gasteiger partial charge in [0.2, 0.25) is 0 Å². The molecule has 0 unspecified atom stereocenters. The zero-order valence-electron chi connectivity index (χ0n) is 11.7. The highest BCUT2D eigenvalue weighted by molar-refractivity contribution is 6.00. The monoisotopic (exact) mass is 293 g/mol. The van der Waals surface area contributed by atoms with E-state index in [1.54, 1.807) is 19.2 Å². The lowest BCUT2D eigenvalue weighted by Crippen LogP contribution is -2.09. The summed E-state index contributed by atoms with van der Waals surface area (Å²) in [5.41, 5.74) is 1.88. The van der Waals surface area contributed by atoms with E-state index in [4.69, 9.17) is 8.83 Å². The molecule has 0 saturated heterocycles. The van der Waals surface area contributed by atoms with Gasteiger partial charge in [0.1, 0.15) is 11.3 Å². The summed E-state index contributed by atoms with van der Waals surface area (Å²) in [5.74, 6) is -0.0329. The van der Waals surface area contributed by atoms with Crippen LogP contribution >= 0.6 is 0 Å². The zero-order valence-corrected chi connectivity index (χ0v) is 11.7. The Morgan fingerprint density at radius 3 is 2.50 bits per heavy atom. The maximum Gasteiger partial charge on any atom is 0.419 e. The van der Waals surface area contributed by atoms with Crippen LogP contribution < -0.4 is 11.2 Å². The maximum absolute atomic E-state index is 12.4. The first-order valence-corrected chi connectivity index (χ1v) is 6.77. The molecule has 4 aromatic rings. The lowest BCUT2D eigenvalue weighted by atomic mass is 10.1. The van der Waals surface area contributed by atoms with Gasteiger partial charge in [-0.25, -0.2) is 4.79 Å². The van der Waals surface area contributed by atoms with Crippen molar-refractivity contribution < 1.29 is 8.83 Å². The fourth-order valence-corrected chi connectivity index (χ4v) is 2.59. The molecule has 2 aromatic carbocycles. The molecule has 0 atom stereocenters. The van der Waals surface area contributed by atoms with Crippen LogP contribution in [-0.4, -0.2) is 4.57 Å². The van der Waals surface area contributed by atoms with Gasteiger partial charge in [0.05, 0.1) is 5.39 Å². The first-order valence-electron chi connectivity index (χ1n) is 6.77. The predicted molar refractivity (Wildman–Crippen MR) is 82.9 cm³/mol. The molecule has 5 heteroatoms. The van der Waals surface area contributed by atoms with Crippen molar-refractivity contribution in [2.24, 2.45) is 7.05 Å². The van der Waals surface area contributed by atoms with Gasteiger partial charge in [0, 0.05) is 18.7 Å². The molecule has 4 rings (SSSR count). The highest BCUT2D eigenvalue weighted by atomic mass is 16.4.